The number of halogens is 1. The van der Waals surface area contributed by atoms with Crippen molar-refractivity contribution in [2.75, 3.05) is 18.5 Å². The first kappa shape index (κ1) is 9.61. The summed E-state index contributed by atoms with van der Waals surface area (Å²) in [6.45, 7) is 1.13. The molecule has 0 unspecified atom stereocenters. The van der Waals surface area contributed by atoms with Crippen LogP contribution in [0.5, 0.6) is 0 Å². The van der Waals surface area contributed by atoms with E-state index in [1.54, 1.807) is 0 Å². The van der Waals surface area contributed by atoms with Gasteiger partial charge in [-0.1, -0.05) is 5.92 Å². The van der Waals surface area contributed by atoms with Gasteiger partial charge in [0.05, 0.1) is 5.69 Å². The topological polar surface area (TPSA) is 3.24 Å². The van der Waals surface area contributed by atoms with Gasteiger partial charge < -0.3 is 4.90 Å². The second-order valence-corrected chi connectivity index (χ2v) is 4.49. The van der Waals surface area contributed by atoms with Crippen LogP contribution in [0.25, 0.3) is 0 Å². The van der Waals surface area contributed by atoms with Crippen molar-refractivity contribution in [1.82, 2.24) is 0 Å². The average Bonchev–Trinajstić information content (AvgIpc) is 2.17. The van der Waals surface area contributed by atoms with Crippen molar-refractivity contribution in [2.24, 2.45) is 0 Å². The highest BCUT2D eigenvalue weighted by atomic mass is 79.9. The third-order valence-electron chi connectivity index (χ3n) is 2.63. The molecule has 1 aromatic carbocycles. The van der Waals surface area contributed by atoms with Gasteiger partial charge in [-0.15, -0.1) is 6.42 Å². The normalized spacial score (nSPS) is 14.8. The Morgan fingerprint density at radius 1 is 1.50 bits per heavy atom. The summed E-state index contributed by atoms with van der Waals surface area (Å²) in [7, 11) is 2.12. The lowest BCUT2D eigenvalue weighted by molar-refractivity contribution is 0.742. The summed E-state index contributed by atoms with van der Waals surface area (Å²) in [6.07, 6.45) is 7.75. The Labute approximate surface area is 93.2 Å². The summed E-state index contributed by atoms with van der Waals surface area (Å²) >= 11 is 3.58. The predicted octanol–water partition coefficient (Wildman–Crippen LogP) is 2.81. The molecule has 0 atom stereocenters. The molecule has 0 radical (unpaired) electrons. The zero-order chi connectivity index (χ0) is 10.1. The van der Waals surface area contributed by atoms with Gasteiger partial charge in [0, 0.05) is 23.6 Å². The molecular formula is C12H12BrN. The van der Waals surface area contributed by atoms with Gasteiger partial charge in [-0.3, -0.25) is 0 Å². The Kier molecular flexibility index (Phi) is 2.52. The molecule has 1 nitrogen and oxygen atoms in total. The Bertz CT molecular complexity index is 404. The molecule has 0 aliphatic carbocycles. The minimum absolute atomic E-state index is 0.964. The molecular weight excluding hydrogens is 238 g/mol. The molecule has 14 heavy (non-hydrogen) atoms. The van der Waals surface area contributed by atoms with Crippen LogP contribution in [0.1, 0.15) is 17.5 Å². The van der Waals surface area contributed by atoms with Gasteiger partial charge >= 0.3 is 0 Å². The number of benzene rings is 1. The van der Waals surface area contributed by atoms with Gasteiger partial charge in [0.2, 0.25) is 0 Å². The first-order valence-corrected chi connectivity index (χ1v) is 5.52. The number of aryl methyl sites for hydroxylation is 1. The van der Waals surface area contributed by atoms with E-state index in [1.807, 2.05) is 6.07 Å². The van der Waals surface area contributed by atoms with Crippen molar-refractivity contribution in [3.05, 3.63) is 27.7 Å². The molecule has 0 amide bonds. The maximum atomic E-state index is 5.40. The van der Waals surface area contributed by atoms with E-state index in [0.717, 1.165) is 23.0 Å². The lowest BCUT2D eigenvalue weighted by atomic mass is 10.00. The highest BCUT2D eigenvalue weighted by Crippen LogP contribution is 2.34. The number of anilines is 1. The fraction of sp³-hybridized carbons (Fsp3) is 0.333. The molecule has 2 rings (SSSR count). The molecule has 0 saturated heterocycles. The van der Waals surface area contributed by atoms with Crippen molar-refractivity contribution in [1.29, 1.82) is 0 Å². The van der Waals surface area contributed by atoms with Crippen LogP contribution in [0.4, 0.5) is 5.69 Å². The van der Waals surface area contributed by atoms with Gasteiger partial charge in [-0.05, 0) is 46.5 Å². The van der Waals surface area contributed by atoms with Crippen LogP contribution in [0.15, 0.2) is 16.6 Å². The van der Waals surface area contributed by atoms with Crippen molar-refractivity contribution < 1.29 is 0 Å². The number of hydrogen-bond acceptors (Lipinski definition) is 1. The standard InChI is InChI=1S/C12H12BrN/c1-3-9-7-10-5-4-6-14(2)12(10)11(13)8-9/h1,7-8H,4-6H2,2H3. The van der Waals surface area contributed by atoms with E-state index in [1.165, 1.54) is 17.7 Å². The lowest BCUT2D eigenvalue weighted by Gasteiger charge is -2.28. The van der Waals surface area contributed by atoms with Crippen molar-refractivity contribution in [3.8, 4) is 12.3 Å². The largest absolute Gasteiger partial charge is 0.373 e. The molecule has 0 N–H and O–H groups in total. The minimum Gasteiger partial charge on any atom is -0.373 e. The van der Waals surface area contributed by atoms with Crippen LogP contribution < -0.4 is 4.90 Å². The molecule has 0 bridgehead atoms. The van der Waals surface area contributed by atoms with Gasteiger partial charge in [0.1, 0.15) is 0 Å². The molecule has 1 aliphatic rings. The van der Waals surface area contributed by atoms with Crippen LogP contribution in [0.3, 0.4) is 0 Å². The lowest BCUT2D eigenvalue weighted by Crippen LogP contribution is -2.25. The number of hydrogen-bond donors (Lipinski definition) is 0. The van der Waals surface area contributed by atoms with Crippen molar-refractivity contribution >= 4 is 21.6 Å². The zero-order valence-electron chi connectivity index (χ0n) is 8.18. The van der Waals surface area contributed by atoms with E-state index in [-0.39, 0.29) is 0 Å². The Balaban J connectivity index is 2.58. The Morgan fingerprint density at radius 3 is 3.00 bits per heavy atom. The molecule has 72 valence electrons. The predicted molar refractivity (Wildman–Crippen MR) is 63.7 cm³/mol. The smallest absolute Gasteiger partial charge is 0.0541 e. The second kappa shape index (κ2) is 3.67. The SMILES string of the molecule is C#Cc1cc(Br)c2c(c1)CCCN2C. The van der Waals surface area contributed by atoms with Gasteiger partial charge in [-0.25, -0.2) is 0 Å². The van der Waals surface area contributed by atoms with Crippen LogP contribution in [0, 0.1) is 12.3 Å². The molecule has 0 saturated carbocycles. The van der Waals surface area contributed by atoms with Gasteiger partial charge in [0.25, 0.3) is 0 Å². The van der Waals surface area contributed by atoms with Crippen LogP contribution >= 0.6 is 15.9 Å². The highest BCUT2D eigenvalue weighted by molar-refractivity contribution is 9.10. The Hall–Kier alpha value is -0.940. The number of terminal acetylenes is 1. The number of fused-ring (bicyclic) bond motifs is 1. The summed E-state index contributed by atoms with van der Waals surface area (Å²) in [5.74, 6) is 2.68. The summed E-state index contributed by atoms with van der Waals surface area (Å²) in [4.78, 5) is 2.28. The third kappa shape index (κ3) is 1.53. The average molecular weight is 250 g/mol. The minimum atomic E-state index is 0.964. The Morgan fingerprint density at radius 2 is 2.29 bits per heavy atom. The van der Waals surface area contributed by atoms with Crippen LogP contribution in [0.2, 0.25) is 0 Å². The monoisotopic (exact) mass is 249 g/mol. The third-order valence-corrected chi connectivity index (χ3v) is 3.23. The van der Waals surface area contributed by atoms with E-state index in [0.29, 0.717) is 0 Å². The first-order chi connectivity index (χ1) is 6.72. The molecule has 1 aliphatic heterocycles. The molecule has 2 heteroatoms. The second-order valence-electron chi connectivity index (χ2n) is 3.64. The number of rotatable bonds is 0. The van der Waals surface area contributed by atoms with E-state index in [2.05, 4.69) is 39.9 Å². The van der Waals surface area contributed by atoms with Crippen LogP contribution in [-0.2, 0) is 6.42 Å². The maximum absolute atomic E-state index is 5.40. The van der Waals surface area contributed by atoms with E-state index >= 15 is 0 Å². The van der Waals surface area contributed by atoms with Crippen LogP contribution in [-0.4, -0.2) is 13.6 Å². The highest BCUT2D eigenvalue weighted by Gasteiger charge is 2.16. The molecule has 0 spiro atoms. The van der Waals surface area contributed by atoms with Crippen molar-refractivity contribution in [3.63, 3.8) is 0 Å². The summed E-state index contributed by atoms with van der Waals surface area (Å²) in [5, 5.41) is 0. The maximum Gasteiger partial charge on any atom is 0.0541 e. The number of nitrogens with zero attached hydrogens (tertiary/aromatic N) is 1. The summed E-state index contributed by atoms with van der Waals surface area (Å²) < 4.78 is 1.12. The summed E-state index contributed by atoms with van der Waals surface area (Å²) in [5.41, 5.74) is 3.63. The zero-order valence-corrected chi connectivity index (χ0v) is 9.76. The molecule has 0 fully saturated rings. The quantitative estimate of drug-likeness (QED) is 0.640. The first-order valence-electron chi connectivity index (χ1n) is 4.72. The van der Waals surface area contributed by atoms with E-state index in [9.17, 15) is 0 Å². The van der Waals surface area contributed by atoms with Gasteiger partial charge in [0.15, 0.2) is 0 Å². The molecule has 1 aromatic rings. The fourth-order valence-corrected chi connectivity index (χ4v) is 2.78. The molecule has 1 heterocycles. The van der Waals surface area contributed by atoms with E-state index in [4.69, 9.17) is 6.42 Å². The summed E-state index contributed by atoms with van der Waals surface area (Å²) in [6, 6.07) is 4.14. The van der Waals surface area contributed by atoms with E-state index < -0.39 is 0 Å². The van der Waals surface area contributed by atoms with Gasteiger partial charge in [-0.2, -0.15) is 0 Å². The van der Waals surface area contributed by atoms with Crippen molar-refractivity contribution in [2.45, 2.75) is 12.8 Å². The molecule has 0 aromatic heterocycles. The fourth-order valence-electron chi connectivity index (χ4n) is 1.98.